The summed E-state index contributed by atoms with van der Waals surface area (Å²) in [6, 6.07) is 0. The maximum atomic E-state index is 4.94. The predicted octanol–water partition coefficient (Wildman–Crippen LogP) is 1.68. The first-order valence-corrected chi connectivity index (χ1v) is 5.89. The van der Waals surface area contributed by atoms with Gasteiger partial charge in [-0.1, -0.05) is 0 Å². The Balaban J connectivity index is -0.0000000450. The second-order valence-corrected chi connectivity index (χ2v) is 6.68. The summed E-state index contributed by atoms with van der Waals surface area (Å²) < 4.78 is 0. The zero-order valence-electron chi connectivity index (χ0n) is 2.34. The summed E-state index contributed by atoms with van der Waals surface area (Å²) in [4.78, 5) is 0. The molecular formula is AlCl3NiPd. The van der Waals surface area contributed by atoms with E-state index in [2.05, 4.69) is 0 Å². The second kappa shape index (κ2) is 10.5. The molecule has 0 aromatic rings. The van der Waals surface area contributed by atoms with E-state index in [1.807, 2.05) is 0 Å². The summed E-state index contributed by atoms with van der Waals surface area (Å²) in [6.07, 6.45) is 0. The Bertz CT molecular complexity index is 15.5. The van der Waals surface area contributed by atoms with E-state index in [-0.39, 0.29) is 36.9 Å². The van der Waals surface area contributed by atoms with E-state index in [1.165, 1.54) is 0 Å². The summed E-state index contributed by atoms with van der Waals surface area (Å²) in [5.41, 5.74) is 0. The Morgan fingerprint density at radius 1 is 1.00 bits per heavy atom. The van der Waals surface area contributed by atoms with Crippen molar-refractivity contribution in [1.82, 2.24) is 0 Å². The third-order valence-electron chi connectivity index (χ3n) is 0. The molecule has 0 aliphatic heterocycles. The van der Waals surface area contributed by atoms with Crippen LogP contribution in [0.4, 0.5) is 0 Å². The van der Waals surface area contributed by atoms with Crippen LogP contribution in [0.1, 0.15) is 0 Å². The van der Waals surface area contributed by atoms with Gasteiger partial charge in [0, 0.05) is 36.9 Å². The summed E-state index contributed by atoms with van der Waals surface area (Å²) in [5, 5.41) is 0. The molecule has 0 fully saturated rings. The molecule has 0 aromatic carbocycles. The van der Waals surface area contributed by atoms with Gasteiger partial charge < -0.3 is 0 Å². The fraction of sp³-hybridized carbons (Fsp3) is 0. The van der Waals surface area contributed by atoms with E-state index in [0.717, 1.165) is 0 Å². The predicted molar refractivity (Wildman–Crippen MR) is 23.3 cm³/mol. The van der Waals surface area contributed by atoms with Crippen molar-refractivity contribution in [3.05, 3.63) is 0 Å². The van der Waals surface area contributed by atoms with Crippen LogP contribution in [0.2, 0.25) is 0 Å². The van der Waals surface area contributed by atoms with Gasteiger partial charge in [-0.15, -0.1) is 0 Å². The van der Waals surface area contributed by atoms with Crippen LogP contribution >= 0.6 is 30.1 Å². The largest absolute Gasteiger partial charge is 0.643 e. The normalized spacial score (nSPS) is 4.50. The Labute approximate surface area is 77.5 Å². The molecule has 0 amide bonds. The minimum atomic E-state index is -1.72. The number of hydrogen-bond donors (Lipinski definition) is 0. The van der Waals surface area contributed by atoms with Gasteiger partial charge in [0.15, 0.2) is 0 Å². The topological polar surface area (TPSA) is 0 Å². The van der Waals surface area contributed by atoms with E-state index in [4.69, 9.17) is 30.1 Å². The van der Waals surface area contributed by atoms with Crippen molar-refractivity contribution in [1.29, 1.82) is 0 Å². The minimum Gasteiger partial charge on any atom is -0.214 e. The van der Waals surface area contributed by atoms with Crippen molar-refractivity contribution in [2.24, 2.45) is 0 Å². The van der Waals surface area contributed by atoms with Crippen LogP contribution in [0.5, 0.6) is 0 Å². The first-order chi connectivity index (χ1) is 1.73. The summed E-state index contributed by atoms with van der Waals surface area (Å²) in [6.45, 7) is 0. The summed E-state index contributed by atoms with van der Waals surface area (Å²) >= 11 is -1.72. The van der Waals surface area contributed by atoms with Gasteiger partial charge in [0.2, 0.25) is 0 Å². The third kappa shape index (κ3) is 31.0. The standard InChI is InChI=1S/Al.3ClH.Ni.Pd/h;3*1H;;/q+3;;;;;/p-3. The maximum Gasteiger partial charge on any atom is 0.643 e. The minimum absolute atomic E-state index is 0. The van der Waals surface area contributed by atoms with Gasteiger partial charge in [-0.25, -0.2) is 30.1 Å². The smallest absolute Gasteiger partial charge is 0.214 e. The average Bonchev–Trinajstić information content (AvgIpc) is 0.811. The van der Waals surface area contributed by atoms with E-state index in [1.54, 1.807) is 0 Å². The molecular weight excluding hydrogens is 298 g/mol. The van der Waals surface area contributed by atoms with Crippen LogP contribution in [-0.4, -0.2) is 11.4 Å². The molecule has 0 heterocycles. The molecule has 0 aliphatic carbocycles. The Kier molecular flexibility index (Phi) is 27.8. The van der Waals surface area contributed by atoms with Crippen molar-refractivity contribution in [3.63, 3.8) is 0 Å². The molecule has 44 valence electrons. The second-order valence-electron chi connectivity index (χ2n) is 0.247. The van der Waals surface area contributed by atoms with E-state index in [9.17, 15) is 0 Å². The first kappa shape index (κ1) is 15.8. The Morgan fingerprint density at radius 3 is 1.00 bits per heavy atom. The van der Waals surface area contributed by atoms with E-state index < -0.39 is 11.4 Å². The van der Waals surface area contributed by atoms with Gasteiger partial charge in [-0.05, 0) is 0 Å². The fourth-order valence-corrected chi connectivity index (χ4v) is 0. The molecule has 0 nitrogen and oxygen atoms in total. The van der Waals surface area contributed by atoms with Crippen LogP contribution < -0.4 is 0 Å². The Morgan fingerprint density at radius 2 is 1.00 bits per heavy atom. The van der Waals surface area contributed by atoms with Gasteiger partial charge in [0.1, 0.15) is 0 Å². The molecule has 0 saturated heterocycles. The molecule has 0 unspecified atom stereocenters. The molecule has 0 spiro atoms. The molecule has 0 bridgehead atoms. The summed E-state index contributed by atoms with van der Waals surface area (Å²) in [5.74, 6) is 0. The molecule has 0 aliphatic rings. The first-order valence-electron chi connectivity index (χ1n) is 0.655. The molecule has 0 rings (SSSR count). The van der Waals surface area contributed by atoms with Crippen molar-refractivity contribution in [2.75, 3.05) is 0 Å². The van der Waals surface area contributed by atoms with Gasteiger partial charge in [-0.2, -0.15) is 0 Å². The fourth-order valence-electron chi connectivity index (χ4n) is 0. The van der Waals surface area contributed by atoms with Gasteiger partial charge >= 0.3 is 11.4 Å². The Hall–Kier alpha value is 2.56. The SMILES string of the molecule is [Cl][Al]([Cl])[Cl].[Ni].[Pd]. The van der Waals surface area contributed by atoms with E-state index >= 15 is 0 Å². The van der Waals surface area contributed by atoms with Crippen molar-refractivity contribution >= 4 is 41.5 Å². The zero-order chi connectivity index (χ0) is 3.58. The van der Waals surface area contributed by atoms with Gasteiger partial charge in [0.05, 0.1) is 0 Å². The van der Waals surface area contributed by atoms with Crippen LogP contribution in [0.25, 0.3) is 0 Å². The number of rotatable bonds is 0. The molecule has 0 atom stereocenters. The molecule has 0 saturated carbocycles. The third-order valence-corrected chi connectivity index (χ3v) is 0. The van der Waals surface area contributed by atoms with Crippen molar-refractivity contribution < 1.29 is 36.9 Å². The molecule has 0 radical (unpaired) electrons. The van der Waals surface area contributed by atoms with Crippen LogP contribution in [-0.2, 0) is 36.9 Å². The van der Waals surface area contributed by atoms with Crippen molar-refractivity contribution in [2.45, 2.75) is 0 Å². The number of halogens is 3. The van der Waals surface area contributed by atoms with E-state index in [0.29, 0.717) is 0 Å². The van der Waals surface area contributed by atoms with Crippen molar-refractivity contribution in [3.8, 4) is 0 Å². The van der Waals surface area contributed by atoms with Crippen LogP contribution in [0, 0.1) is 0 Å². The monoisotopic (exact) mass is 296 g/mol. The zero-order valence-corrected chi connectivity index (χ0v) is 8.31. The molecule has 0 N–H and O–H groups in total. The molecule has 6 heteroatoms. The maximum absolute atomic E-state index is 4.94. The molecule has 6 heavy (non-hydrogen) atoms. The van der Waals surface area contributed by atoms with Gasteiger partial charge in [0.25, 0.3) is 0 Å². The van der Waals surface area contributed by atoms with Gasteiger partial charge in [-0.3, -0.25) is 0 Å². The number of hydrogen-bond acceptors (Lipinski definition) is 0. The quantitative estimate of drug-likeness (QED) is 0.597. The van der Waals surface area contributed by atoms with Crippen LogP contribution in [0.15, 0.2) is 0 Å². The molecule has 0 aromatic heterocycles. The average molecular weight is 298 g/mol. The van der Waals surface area contributed by atoms with Crippen LogP contribution in [0.3, 0.4) is 0 Å². The summed E-state index contributed by atoms with van der Waals surface area (Å²) in [7, 11) is 14.8.